The second-order valence-electron chi connectivity index (χ2n) is 10.1. The average Bonchev–Trinajstić information content (AvgIpc) is 3.77. The Kier molecular flexibility index (Phi) is 19.7. The van der Waals surface area contributed by atoms with Gasteiger partial charge in [-0.1, -0.05) is 34.8 Å². The second-order valence-corrected chi connectivity index (χ2v) is 10.1. The van der Waals surface area contributed by atoms with Crippen molar-refractivity contribution in [3.8, 4) is 0 Å². The van der Waals surface area contributed by atoms with Crippen LogP contribution in [0, 0.1) is 31.2 Å². The summed E-state index contributed by atoms with van der Waals surface area (Å²) in [6.07, 6.45) is 8.83. The van der Waals surface area contributed by atoms with E-state index in [1.165, 1.54) is 34.1 Å². The third-order valence-electron chi connectivity index (χ3n) is 7.25. The van der Waals surface area contributed by atoms with Crippen LogP contribution in [0.25, 0.3) is 32.8 Å². The second kappa shape index (κ2) is 20.8. The summed E-state index contributed by atoms with van der Waals surface area (Å²) < 4.78 is 5.98. The summed E-state index contributed by atoms with van der Waals surface area (Å²) in [7, 11) is 8.11. The number of aromatic nitrogens is 5. The minimum absolute atomic E-state index is 0. The number of hydrogen-bond acceptors (Lipinski definition) is 3. The van der Waals surface area contributed by atoms with Crippen LogP contribution in [0.1, 0.15) is 11.1 Å². The normalized spacial score (nSPS) is 10.7. The van der Waals surface area contributed by atoms with Crippen LogP contribution in [-0.2, 0) is 158 Å². The van der Waals surface area contributed by atoms with Gasteiger partial charge in [0, 0.05) is 172 Å². The standard InChI is InChI=1S/C10H10N.C9H10N.2C8H7N2.4Y/c1-8-7-11(2)10-6-4-3-5-9(8)10;1-10-7-6-8-4-2-3-5-9(8)10;1-10-6-4-7-3-2-5-9-8(7)10;1-10-8-5-3-2-4-7(8)6-9-10;;;;/h4-7H,1-2H3;3-5H,6-7H2,1H3;2*3-6H,1H3;;;;/q4*-1;;;;. The summed E-state index contributed by atoms with van der Waals surface area (Å²) in [6, 6.07) is 34.1. The molecule has 0 amide bonds. The van der Waals surface area contributed by atoms with Gasteiger partial charge in [0.25, 0.3) is 0 Å². The maximum absolute atomic E-state index is 4.15. The fraction of sp³-hybridized carbons (Fsp3) is 0.200. The number of aryl methyl sites for hydroxylation is 4. The summed E-state index contributed by atoms with van der Waals surface area (Å²) in [5.74, 6) is 0. The van der Waals surface area contributed by atoms with Crippen LogP contribution in [0.15, 0.2) is 91.5 Å². The van der Waals surface area contributed by atoms with Crippen LogP contribution >= 0.6 is 0 Å². The van der Waals surface area contributed by atoms with E-state index in [-0.39, 0.29) is 131 Å². The van der Waals surface area contributed by atoms with Crippen LogP contribution in [0.3, 0.4) is 0 Å². The largest absolute Gasteiger partial charge is 0.397 e. The number of hydrogen-bond donors (Lipinski definition) is 0. The van der Waals surface area contributed by atoms with Crippen molar-refractivity contribution in [1.82, 2.24) is 23.9 Å². The van der Waals surface area contributed by atoms with Crippen molar-refractivity contribution >= 4 is 38.5 Å². The van der Waals surface area contributed by atoms with Gasteiger partial charge in [0.05, 0.1) is 5.65 Å². The summed E-state index contributed by atoms with van der Waals surface area (Å²) >= 11 is 0. The maximum atomic E-state index is 4.15. The molecule has 0 unspecified atom stereocenters. The van der Waals surface area contributed by atoms with Gasteiger partial charge in [0.2, 0.25) is 0 Å². The van der Waals surface area contributed by atoms with E-state index in [2.05, 4.69) is 89.2 Å². The number of nitrogens with zero attached hydrogens (tertiary/aromatic N) is 6. The zero-order valence-electron chi connectivity index (χ0n) is 26.6. The van der Waals surface area contributed by atoms with E-state index in [1.54, 1.807) is 6.20 Å². The molecule has 7 aromatic rings. The number of fused-ring (bicyclic) bond motifs is 4. The molecule has 4 radical (unpaired) electrons. The van der Waals surface area contributed by atoms with Crippen molar-refractivity contribution in [3.05, 3.63) is 127 Å². The Morgan fingerprint density at radius 3 is 2.07 bits per heavy atom. The Hall–Kier alpha value is -0.424. The molecule has 5 heterocycles. The Morgan fingerprint density at radius 2 is 1.38 bits per heavy atom. The Balaban J connectivity index is 0.000000292. The number of rotatable bonds is 0. The number of anilines is 1. The van der Waals surface area contributed by atoms with Crippen molar-refractivity contribution in [3.63, 3.8) is 0 Å². The Labute approximate surface area is 367 Å². The van der Waals surface area contributed by atoms with Crippen LogP contribution < -0.4 is 4.90 Å². The van der Waals surface area contributed by atoms with Crippen molar-refractivity contribution in [1.29, 1.82) is 0 Å². The predicted octanol–water partition coefficient (Wildman–Crippen LogP) is 6.50. The van der Waals surface area contributed by atoms with Gasteiger partial charge in [-0.3, -0.25) is 9.67 Å². The monoisotopic (exact) mass is 894 g/mol. The molecule has 0 atom stereocenters. The molecule has 10 heteroatoms. The van der Waals surface area contributed by atoms with Gasteiger partial charge < -0.3 is 14.0 Å². The maximum Gasteiger partial charge on any atom is 0.0539 e. The molecule has 3 aromatic carbocycles. The minimum Gasteiger partial charge on any atom is -0.397 e. The number of pyridine rings is 1. The molecule has 220 valence electrons. The predicted molar refractivity (Wildman–Crippen MR) is 168 cm³/mol. The molecule has 4 aromatic heterocycles. The molecule has 1 aliphatic rings. The van der Waals surface area contributed by atoms with Gasteiger partial charge in [0.15, 0.2) is 0 Å². The summed E-state index contributed by atoms with van der Waals surface area (Å²) in [4.78, 5) is 6.43. The Bertz CT molecular complexity index is 1780. The first-order valence-corrected chi connectivity index (χ1v) is 13.6. The number of likely N-dealkylation sites (N-methyl/N-ethyl adjacent to an activating group) is 1. The van der Waals surface area contributed by atoms with E-state index in [0.29, 0.717) is 0 Å². The molecule has 0 saturated heterocycles. The van der Waals surface area contributed by atoms with Crippen LogP contribution in [-0.4, -0.2) is 37.5 Å². The first-order chi connectivity index (χ1) is 19.9. The van der Waals surface area contributed by atoms with Crippen LogP contribution in [0.2, 0.25) is 0 Å². The van der Waals surface area contributed by atoms with Crippen LogP contribution in [0.5, 0.6) is 0 Å². The van der Waals surface area contributed by atoms with E-state index < -0.39 is 0 Å². The van der Waals surface area contributed by atoms with Crippen molar-refractivity contribution in [2.45, 2.75) is 13.3 Å². The average molecular weight is 894 g/mol. The molecular formula is C35H34N6Y4-4. The van der Waals surface area contributed by atoms with E-state index in [9.17, 15) is 0 Å². The smallest absolute Gasteiger partial charge is 0.0539 e. The topological polar surface area (TPSA) is 43.8 Å². The minimum atomic E-state index is 0. The van der Waals surface area contributed by atoms with Crippen molar-refractivity contribution < 1.29 is 131 Å². The van der Waals surface area contributed by atoms with Crippen molar-refractivity contribution in [2.75, 3.05) is 18.5 Å². The van der Waals surface area contributed by atoms with E-state index in [0.717, 1.165) is 28.5 Å². The fourth-order valence-electron chi connectivity index (χ4n) is 5.00. The molecule has 45 heavy (non-hydrogen) atoms. The third kappa shape index (κ3) is 11.0. The van der Waals surface area contributed by atoms with Gasteiger partial charge >= 0.3 is 0 Å². The zero-order valence-corrected chi connectivity index (χ0v) is 37.9. The van der Waals surface area contributed by atoms with Gasteiger partial charge in [0.1, 0.15) is 0 Å². The van der Waals surface area contributed by atoms with E-state index in [4.69, 9.17) is 0 Å². The molecule has 0 aliphatic carbocycles. The van der Waals surface area contributed by atoms with Gasteiger partial charge in [-0.05, 0) is 24.8 Å². The molecule has 1 aliphatic heterocycles. The molecule has 8 rings (SSSR count). The Morgan fingerprint density at radius 1 is 0.711 bits per heavy atom. The van der Waals surface area contributed by atoms with Crippen molar-refractivity contribution in [2.24, 2.45) is 21.1 Å². The molecule has 0 fully saturated rings. The first-order valence-electron chi connectivity index (χ1n) is 13.6. The third-order valence-corrected chi connectivity index (χ3v) is 7.25. The molecule has 0 saturated carbocycles. The molecule has 0 bridgehead atoms. The van der Waals surface area contributed by atoms with Gasteiger partial charge in [-0.2, -0.15) is 59.7 Å². The molecule has 0 N–H and O–H groups in total. The summed E-state index contributed by atoms with van der Waals surface area (Å²) in [6.45, 7) is 3.28. The summed E-state index contributed by atoms with van der Waals surface area (Å²) in [5.41, 5.74) is 7.57. The summed E-state index contributed by atoms with van der Waals surface area (Å²) in [5, 5.41) is 7.68. The SMILES string of the molecule is CN1CCc2c[c-]ccc21.Cc1cn(C)c2cc[c-]cc12.Cn1ccc2c[c-]cnc21.Cn1ncc2c[c-]ccc21.[Y].[Y].[Y].[Y]. The zero-order chi connectivity index (χ0) is 28.8. The van der Waals surface area contributed by atoms with Gasteiger partial charge in [-0.25, -0.2) is 12.1 Å². The fourth-order valence-corrected chi connectivity index (χ4v) is 5.00. The van der Waals surface area contributed by atoms with E-state index in [1.807, 2.05) is 84.3 Å². The number of benzene rings is 3. The molecule has 6 nitrogen and oxygen atoms in total. The van der Waals surface area contributed by atoms with E-state index >= 15 is 0 Å². The first kappa shape index (κ1) is 42.6. The quantitative estimate of drug-likeness (QED) is 0.164. The van der Waals surface area contributed by atoms with Crippen LogP contribution in [0.4, 0.5) is 5.69 Å². The molecular weight excluding hydrogens is 860 g/mol. The van der Waals surface area contributed by atoms with Gasteiger partial charge in [-0.15, -0.1) is 40.6 Å². The molecule has 0 spiro atoms.